The van der Waals surface area contributed by atoms with Gasteiger partial charge in [-0.1, -0.05) is 48.5 Å². The summed E-state index contributed by atoms with van der Waals surface area (Å²) >= 11 is 0.994. The van der Waals surface area contributed by atoms with Crippen LogP contribution in [0.5, 0.6) is 5.75 Å². The van der Waals surface area contributed by atoms with Gasteiger partial charge in [0.1, 0.15) is 18.0 Å². The number of aliphatic carboxylic acids is 1. The average molecular weight is 425 g/mol. The highest BCUT2D eigenvalue weighted by atomic mass is 32.2. The fourth-order valence-electron chi connectivity index (χ4n) is 3.00. The molecule has 0 fully saturated rings. The lowest BCUT2D eigenvalue weighted by atomic mass is 10.0. The largest absolute Gasteiger partial charge is 0.496 e. The Morgan fingerprint density at radius 1 is 1.03 bits per heavy atom. The Bertz CT molecular complexity index is 965. The molecular formula is C23H24N2O4S. The van der Waals surface area contributed by atoms with Gasteiger partial charge in [-0.3, -0.25) is 8.49 Å². The smallest absolute Gasteiger partial charge is 0.331 e. The number of carboxylic acid groups (broad SMARTS) is 1. The summed E-state index contributed by atoms with van der Waals surface area (Å²) in [6.07, 6.45) is 0. The van der Waals surface area contributed by atoms with Crippen molar-refractivity contribution in [3.8, 4) is 16.9 Å². The fraction of sp³-hybridized carbons (Fsp3) is 0.174. The first-order valence-corrected chi connectivity index (χ1v) is 10.1. The normalized spacial score (nSPS) is 10.5. The molecule has 0 saturated carbocycles. The molecule has 3 aromatic rings. The lowest BCUT2D eigenvalue weighted by Gasteiger charge is -2.17. The number of carbonyl (C=O) groups is 1. The van der Waals surface area contributed by atoms with Gasteiger partial charge in [-0.25, -0.2) is 4.79 Å². The van der Waals surface area contributed by atoms with Crippen molar-refractivity contribution in [2.45, 2.75) is 6.54 Å². The van der Waals surface area contributed by atoms with E-state index in [0.717, 1.165) is 46.0 Å². The second kappa shape index (κ2) is 10.6. The van der Waals surface area contributed by atoms with Crippen LogP contribution in [0.25, 0.3) is 11.1 Å². The third-order valence-corrected chi connectivity index (χ3v) is 5.10. The van der Waals surface area contributed by atoms with Crippen molar-refractivity contribution in [1.29, 1.82) is 0 Å². The van der Waals surface area contributed by atoms with Gasteiger partial charge in [0.2, 0.25) is 0 Å². The van der Waals surface area contributed by atoms with Crippen molar-refractivity contribution in [2.75, 3.05) is 30.4 Å². The van der Waals surface area contributed by atoms with E-state index in [1.807, 2.05) is 55.6 Å². The van der Waals surface area contributed by atoms with Gasteiger partial charge in [0.15, 0.2) is 6.61 Å². The van der Waals surface area contributed by atoms with Crippen LogP contribution in [0.3, 0.4) is 0 Å². The van der Waals surface area contributed by atoms with Crippen LogP contribution in [0.1, 0.15) is 5.56 Å². The van der Waals surface area contributed by atoms with Crippen molar-refractivity contribution < 1.29 is 18.8 Å². The molecule has 0 aliphatic heterocycles. The third-order valence-electron chi connectivity index (χ3n) is 4.45. The predicted octanol–water partition coefficient (Wildman–Crippen LogP) is 5.07. The highest BCUT2D eigenvalue weighted by Crippen LogP contribution is 2.33. The highest BCUT2D eigenvalue weighted by Gasteiger charge is 2.11. The molecule has 3 rings (SSSR count). The summed E-state index contributed by atoms with van der Waals surface area (Å²) in [6.45, 7) is 0.272. The lowest BCUT2D eigenvalue weighted by Crippen LogP contribution is -2.11. The fourth-order valence-corrected chi connectivity index (χ4v) is 3.51. The van der Waals surface area contributed by atoms with E-state index in [0.29, 0.717) is 6.54 Å². The number of methoxy groups -OCH3 is 1. The van der Waals surface area contributed by atoms with Gasteiger partial charge in [-0.2, -0.15) is 0 Å². The quantitative estimate of drug-likeness (QED) is 0.348. The number of nitrogens with one attached hydrogen (secondary N) is 1. The predicted molar refractivity (Wildman–Crippen MR) is 122 cm³/mol. The third kappa shape index (κ3) is 5.68. The summed E-state index contributed by atoms with van der Waals surface area (Å²) in [4.78, 5) is 10.5. The SMILES string of the molecule is COc1c(CNc2ccc(N(C)SOCC(=O)O)cc2)cccc1-c1ccccc1. The maximum Gasteiger partial charge on any atom is 0.331 e. The van der Waals surface area contributed by atoms with Crippen molar-refractivity contribution in [3.05, 3.63) is 78.4 Å². The molecule has 2 N–H and O–H groups in total. The summed E-state index contributed by atoms with van der Waals surface area (Å²) in [7, 11) is 3.51. The summed E-state index contributed by atoms with van der Waals surface area (Å²) in [5, 5.41) is 12.1. The Morgan fingerprint density at radius 2 is 1.77 bits per heavy atom. The molecule has 6 nitrogen and oxygen atoms in total. The van der Waals surface area contributed by atoms with Gasteiger partial charge in [0, 0.05) is 36.1 Å². The second-order valence-electron chi connectivity index (χ2n) is 6.49. The van der Waals surface area contributed by atoms with Gasteiger partial charge in [-0.15, -0.1) is 0 Å². The minimum absolute atomic E-state index is 0.349. The van der Waals surface area contributed by atoms with Gasteiger partial charge in [-0.05, 0) is 29.8 Å². The molecule has 7 heteroatoms. The summed E-state index contributed by atoms with van der Waals surface area (Å²) in [5.74, 6) is -0.137. The van der Waals surface area contributed by atoms with E-state index in [1.54, 1.807) is 11.4 Å². The molecule has 0 amide bonds. The molecule has 30 heavy (non-hydrogen) atoms. The lowest BCUT2D eigenvalue weighted by molar-refractivity contribution is -0.138. The van der Waals surface area contributed by atoms with E-state index < -0.39 is 5.97 Å². The van der Waals surface area contributed by atoms with E-state index in [1.165, 1.54) is 0 Å². The standard InChI is InChI=1S/C23H24N2O4S/c1-25(30-29-16-22(26)27)20-13-11-19(12-14-20)24-15-18-9-6-10-21(23(18)28-2)17-7-4-3-5-8-17/h3-14,24H,15-16H2,1-2H3,(H,26,27). The van der Waals surface area contributed by atoms with E-state index in [2.05, 4.69) is 29.6 Å². The van der Waals surface area contributed by atoms with Crippen molar-refractivity contribution in [2.24, 2.45) is 0 Å². The van der Waals surface area contributed by atoms with Crippen LogP contribution in [-0.4, -0.2) is 31.8 Å². The van der Waals surface area contributed by atoms with E-state index >= 15 is 0 Å². The average Bonchev–Trinajstić information content (AvgIpc) is 2.78. The Labute approximate surface area is 180 Å². The van der Waals surface area contributed by atoms with Gasteiger partial charge in [0.05, 0.1) is 7.11 Å². The maximum atomic E-state index is 10.5. The minimum atomic E-state index is -0.998. The van der Waals surface area contributed by atoms with Gasteiger partial charge in [0.25, 0.3) is 0 Å². The Balaban J connectivity index is 1.65. The topological polar surface area (TPSA) is 71.0 Å². The Hall–Kier alpha value is -3.16. The second-order valence-corrected chi connectivity index (χ2v) is 7.42. The molecule has 156 valence electrons. The van der Waals surface area contributed by atoms with Crippen LogP contribution < -0.4 is 14.4 Å². The first-order valence-electron chi connectivity index (χ1n) is 9.39. The van der Waals surface area contributed by atoms with Crippen LogP contribution in [0, 0.1) is 0 Å². The Morgan fingerprint density at radius 3 is 2.43 bits per heavy atom. The molecular weight excluding hydrogens is 400 g/mol. The molecule has 0 aliphatic carbocycles. The number of rotatable bonds is 10. The summed E-state index contributed by atoms with van der Waals surface area (Å²) in [6, 6.07) is 24.1. The number of anilines is 2. The van der Waals surface area contributed by atoms with E-state index in [9.17, 15) is 4.79 Å². The van der Waals surface area contributed by atoms with Crippen LogP contribution >= 0.6 is 12.2 Å². The van der Waals surface area contributed by atoms with Crippen LogP contribution in [-0.2, 0) is 15.5 Å². The summed E-state index contributed by atoms with van der Waals surface area (Å²) < 4.78 is 12.5. The zero-order valence-electron chi connectivity index (χ0n) is 16.9. The molecule has 0 aromatic heterocycles. The molecule has 0 atom stereocenters. The molecule has 0 heterocycles. The molecule has 0 spiro atoms. The zero-order valence-corrected chi connectivity index (χ0v) is 17.7. The van der Waals surface area contributed by atoms with Crippen LogP contribution in [0.2, 0.25) is 0 Å². The minimum Gasteiger partial charge on any atom is -0.496 e. The zero-order chi connectivity index (χ0) is 21.3. The molecule has 0 radical (unpaired) electrons. The number of para-hydroxylation sites is 1. The number of nitrogens with zero attached hydrogens (tertiary/aromatic N) is 1. The van der Waals surface area contributed by atoms with E-state index in [-0.39, 0.29) is 6.61 Å². The van der Waals surface area contributed by atoms with Crippen LogP contribution in [0.4, 0.5) is 11.4 Å². The van der Waals surface area contributed by atoms with Gasteiger partial charge >= 0.3 is 5.97 Å². The molecule has 0 bridgehead atoms. The maximum absolute atomic E-state index is 10.5. The number of benzene rings is 3. The number of hydrogen-bond acceptors (Lipinski definition) is 6. The van der Waals surface area contributed by atoms with E-state index in [4.69, 9.17) is 14.0 Å². The number of ether oxygens (including phenoxy) is 1. The number of hydrogen-bond donors (Lipinski definition) is 2. The van der Waals surface area contributed by atoms with Crippen molar-refractivity contribution in [1.82, 2.24) is 0 Å². The molecule has 0 aliphatic rings. The van der Waals surface area contributed by atoms with Crippen LogP contribution in [0.15, 0.2) is 72.8 Å². The Kier molecular flexibility index (Phi) is 7.59. The molecule has 3 aromatic carbocycles. The summed E-state index contributed by atoms with van der Waals surface area (Å²) in [5.41, 5.74) is 5.12. The monoisotopic (exact) mass is 424 g/mol. The van der Waals surface area contributed by atoms with Crippen molar-refractivity contribution in [3.63, 3.8) is 0 Å². The first kappa shape index (κ1) is 21.5. The first-order chi connectivity index (χ1) is 14.6. The number of carboxylic acids is 1. The highest BCUT2D eigenvalue weighted by molar-refractivity contribution is 7.96. The van der Waals surface area contributed by atoms with Gasteiger partial charge < -0.3 is 15.2 Å². The molecule has 0 unspecified atom stereocenters. The molecule has 0 saturated heterocycles. The van der Waals surface area contributed by atoms with Crippen molar-refractivity contribution >= 4 is 29.6 Å².